The second-order valence-electron chi connectivity index (χ2n) is 7.54. The molecule has 0 aliphatic carbocycles. The number of aryl methyl sites for hydroxylation is 1. The Kier molecular flexibility index (Phi) is 7.26. The molecule has 1 aliphatic heterocycles. The largest absolute Gasteiger partial charge is 0.394 e. The summed E-state index contributed by atoms with van der Waals surface area (Å²) in [5.41, 5.74) is 2.45. The molecule has 5 nitrogen and oxygen atoms in total. The maximum atomic E-state index is 12.3. The van der Waals surface area contributed by atoms with Crippen molar-refractivity contribution in [1.82, 2.24) is 10.6 Å². The first-order chi connectivity index (χ1) is 12.0. The number of rotatable bonds is 7. The predicted octanol–water partition coefficient (Wildman–Crippen LogP) is 2.75. The highest BCUT2D eigenvalue weighted by molar-refractivity contribution is 5.74. The fourth-order valence-electron chi connectivity index (χ4n) is 3.71. The van der Waals surface area contributed by atoms with E-state index in [9.17, 15) is 9.90 Å². The number of carbonyl (C=O) groups is 1. The number of carbonyl (C=O) groups excluding carboxylic acids is 1. The van der Waals surface area contributed by atoms with Gasteiger partial charge in [-0.3, -0.25) is 0 Å². The lowest BCUT2D eigenvalue weighted by molar-refractivity contribution is 0.0504. The van der Waals surface area contributed by atoms with Crippen LogP contribution in [0.15, 0.2) is 24.3 Å². The molecule has 0 bridgehead atoms. The molecule has 0 saturated carbocycles. The number of nitrogens with one attached hydrogen (secondary N) is 2. The minimum atomic E-state index is -0.209. The highest BCUT2D eigenvalue weighted by atomic mass is 16.5. The zero-order chi connectivity index (χ0) is 18.3. The van der Waals surface area contributed by atoms with E-state index in [1.807, 2.05) is 6.07 Å². The topological polar surface area (TPSA) is 70.6 Å². The van der Waals surface area contributed by atoms with Crippen LogP contribution in [0.3, 0.4) is 0 Å². The van der Waals surface area contributed by atoms with Crippen LogP contribution in [0.25, 0.3) is 0 Å². The Morgan fingerprint density at radius 1 is 1.28 bits per heavy atom. The number of urea groups is 1. The Labute approximate surface area is 151 Å². The molecule has 1 saturated heterocycles. The minimum Gasteiger partial charge on any atom is -0.394 e. The molecule has 1 fully saturated rings. The van der Waals surface area contributed by atoms with Crippen molar-refractivity contribution in [3.05, 3.63) is 35.4 Å². The number of ether oxygens (including phenoxy) is 1. The average Bonchev–Trinajstić information content (AvgIpc) is 2.60. The van der Waals surface area contributed by atoms with Gasteiger partial charge in [0.15, 0.2) is 0 Å². The third-order valence-corrected chi connectivity index (χ3v) is 5.07. The first kappa shape index (κ1) is 19.7. The second kappa shape index (κ2) is 9.20. The molecule has 0 spiro atoms. The minimum absolute atomic E-state index is 0.0393. The van der Waals surface area contributed by atoms with Crippen LogP contribution in [0.2, 0.25) is 0 Å². The average molecular weight is 348 g/mol. The monoisotopic (exact) mass is 348 g/mol. The Balaban J connectivity index is 2.03. The Morgan fingerprint density at radius 3 is 2.56 bits per heavy atom. The molecule has 2 rings (SSSR count). The summed E-state index contributed by atoms with van der Waals surface area (Å²) in [7, 11) is 0. The smallest absolute Gasteiger partial charge is 0.315 e. The van der Waals surface area contributed by atoms with Gasteiger partial charge in [0.2, 0.25) is 0 Å². The first-order valence-electron chi connectivity index (χ1n) is 9.26. The van der Waals surface area contributed by atoms with Crippen molar-refractivity contribution in [3.63, 3.8) is 0 Å². The normalized spacial score (nSPS) is 18.0. The number of hydrogen-bond donors (Lipinski definition) is 3. The van der Waals surface area contributed by atoms with Gasteiger partial charge < -0.3 is 20.5 Å². The van der Waals surface area contributed by atoms with E-state index in [4.69, 9.17) is 4.74 Å². The molecule has 0 aromatic heterocycles. The van der Waals surface area contributed by atoms with Gasteiger partial charge in [0.05, 0.1) is 12.6 Å². The highest BCUT2D eigenvalue weighted by Gasteiger charge is 2.35. The van der Waals surface area contributed by atoms with Gasteiger partial charge in [-0.1, -0.05) is 38.1 Å². The van der Waals surface area contributed by atoms with Crippen LogP contribution >= 0.6 is 0 Å². The summed E-state index contributed by atoms with van der Waals surface area (Å²) in [4.78, 5) is 12.3. The number of aliphatic hydroxyl groups is 1. The molecule has 1 unspecified atom stereocenters. The van der Waals surface area contributed by atoms with Gasteiger partial charge in [0, 0.05) is 25.2 Å². The Bertz CT molecular complexity index is 554. The summed E-state index contributed by atoms with van der Waals surface area (Å²) in [5.74, 6) is 0.422. The summed E-state index contributed by atoms with van der Waals surface area (Å²) in [5, 5.41) is 15.4. The molecular weight excluding hydrogens is 316 g/mol. The van der Waals surface area contributed by atoms with Crippen LogP contribution in [-0.4, -0.2) is 43.5 Å². The van der Waals surface area contributed by atoms with Crippen LogP contribution in [0, 0.1) is 12.8 Å². The van der Waals surface area contributed by atoms with Gasteiger partial charge in [-0.2, -0.15) is 0 Å². The highest BCUT2D eigenvalue weighted by Crippen LogP contribution is 2.36. The third-order valence-electron chi connectivity index (χ3n) is 5.07. The van der Waals surface area contributed by atoms with Crippen molar-refractivity contribution in [2.24, 2.45) is 5.92 Å². The van der Waals surface area contributed by atoms with E-state index in [0.717, 1.165) is 19.3 Å². The molecule has 140 valence electrons. The van der Waals surface area contributed by atoms with Gasteiger partial charge in [0.25, 0.3) is 0 Å². The van der Waals surface area contributed by atoms with Gasteiger partial charge in [0.1, 0.15) is 0 Å². The SMILES string of the molecule is Cc1ccccc1C1(CNC(=O)NC(CO)CC(C)C)CCOCC1. The number of benzene rings is 1. The Hall–Kier alpha value is -1.59. The lowest BCUT2D eigenvalue weighted by atomic mass is 9.72. The van der Waals surface area contributed by atoms with E-state index in [0.29, 0.717) is 25.7 Å². The van der Waals surface area contributed by atoms with E-state index < -0.39 is 0 Å². The van der Waals surface area contributed by atoms with Crippen LogP contribution in [0.5, 0.6) is 0 Å². The van der Waals surface area contributed by atoms with Crippen molar-refractivity contribution in [1.29, 1.82) is 0 Å². The molecule has 25 heavy (non-hydrogen) atoms. The quantitative estimate of drug-likeness (QED) is 0.709. The van der Waals surface area contributed by atoms with Gasteiger partial charge >= 0.3 is 6.03 Å². The maximum Gasteiger partial charge on any atom is 0.315 e. The van der Waals surface area contributed by atoms with Gasteiger partial charge in [-0.15, -0.1) is 0 Å². The number of amides is 2. The summed E-state index contributed by atoms with van der Waals surface area (Å²) in [6.07, 6.45) is 2.56. The lowest BCUT2D eigenvalue weighted by Gasteiger charge is -2.39. The molecule has 1 aromatic rings. The summed E-state index contributed by atoms with van der Waals surface area (Å²) < 4.78 is 5.56. The molecule has 1 aromatic carbocycles. The Morgan fingerprint density at radius 2 is 1.96 bits per heavy atom. The molecular formula is C20H32N2O3. The van der Waals surface area contributed by atoms with Crippen LogP contribution in [0.1, 0.15) is 44.2 Å². The van der Waals surface area contributed by atoms with Crippen LogP contribution in [0.4, 0.5) is 4.79 Å². The van der Waals surface area contributed by atoms with E-state index >= 15 is 0 Å². The van der Waals surface area contributed by atoms with E-state index in [1.54, 1.807) is 0 Å². The van der Waals surface area contributed by atoms with E-state index in [1.165, 1.54) is 11.1 Å². The maximum absolute atomic E-state index is 12.3. The molecule has 1 atom stereocenters. The van der Waals surface area contributed by atoms with Crippen molar-refractivity contribution in [2.45, 2.75) is 51.5 Å². The van der Waals surface area contributed by atoms with Crippen molar-refractivity contribution >= 4 is 6.03 Å². The fourth-order valence-corrected chi connectivity index (χ4v) is 3.71. The van der Waals surface area contributed by atoms with Crippen molar-refractivity contribution in [3.8, 4) is 0 Å². The predicted molar refractivity (Wildman–Crippen MR) is 99.8 cm³/mol. The van der Waals surface area contributed by atoms with E-state index in [2.05, 4.69) is 49.6 Å². The second-order valence-corrected chi connectivity index (χ2v) is 7.54. The summed E-state index contributed by atoms with van der Waals surface area (Å²) >= 11 is 0. The molecule has 5 heteroatoms. The first-order valence-corrected chi connectivity index (χ1v) is 9.26. The molecule has 2 amide bonds. The lowest BCUT2D eigenvalue weighted by Crippen LogP contribution is -2.50. The van der Waals surface area contributed by atoms with Crippen LogP contribution in [-0.2, 0) is 10.2 Å². The third kappa shape index (κ3) is 5.44. The number of hydrogen-bond acceptors (Lipinski definition) is 3. The standard InChI is InChI=1S/C20H32N2O3/c1-15(2)12-17(13-23)22-19(24)21-14-20(8-10-25-11-9-20)18-7-5-4-6-16(18)3/h4-7,15,17,23H,8-14H2,1-3H3,(H2,21,22,24). The van der Waals surface area contributed by atoms with Crippen molar-refractivity contribution < 1.29 is 14.6 Å². The number of aliphatic hydroxyl groups excluding tert-OH is 1. The molecule has 1 aliphatic rings. The molecule has 1 heterocycles. The summed E-state index contributed by atoms with van der Waals surface area (Å²) in [6, 6.07) is 7.98. The van der Waals surface area contributed by atoms with Crippen molar-refractivity contribution in [2.75, 3.05) is 26.4 Å². The summed E-state index contributed by atoms with van der Waals surface area (Å²) in [6.45, 7) is 8.25. The van der Waals surface area contributed by atoms with Crippen LogP contribution < -0.4 is 10.6 Å². The zero-order valence-electron chi connectivity index (χ0n) is 15.7. The van der Waals surface area contributed by atoms with E-state index in [-0.39, 0.29) is 24.1 Å². The zero-order valence-corrected chi connectivity index (χ0v) is 15.7. The molecule has 3 N–H and O–H groups in total. The van der Waals surface area contributed by atoms with Gasteiger partial charge in [-0.25, -0.2) is 4.79 Å². The molecule has 0 radical (unpaired) electrons. The van der Waals surface area contributed by atoms with Gasteiger partial charge in [-0.05, 0) is 43.2 Å². The fraction of sp³-hybridized carbons (Fsp3) is 0.650.